The molecule has 24 heavy (non-hydrogen) atoms. The number of nitrogens with one attached hydrogen (secondary N) is 1. The van der Waals surface area contributed by atoms with Gasteiger partial charge in [-0.25, -0.2) is 0 Å². The summed E-state index contributed by atoms with van der Waals surface area (Å²) in [6.45, 7) is 2.97. The second kappa shape index (κ2) is 9.07. The molecule has 2 aromatic rings. The Bertz CT molecular complexity index is 676. The number of carbonyl (C=O) groups excluding carboxylic acids is 1. The van der Waals surface area contributed by atoms with Gasteiger partial charge in [0.25, 0.3) is 0 Å². The van der Waals surface area contributed by atoms with E-state index in [4.69, 9.17) is 23.2 Å². The molecule has 0 saturated heterocycles. The number of benzene rings is 2. The predicted octanol–water partition coefficient (Wildman–Crippen LogP) is 4.35. The Labute approximate surface area is 153 Å². The standard InChI is InChI=1S/C19H22Cl2N2O/c1-14(15-7-4-3-5-8-15)23(2)13-18(24)22-12-11-16-9-6-10-17(20)19(16)21/h3-10,14H,11-13H2,1-2H3,(H,22,24). The van der Waals surface area contributed by atoms with Gasteiger partial charge in [0.1, 0.15) is 0 Å². The zero-order chi connectivity index (χ0) is 17.5. The van der Waals surface area contributed by atoms with Gasteiger partial charge in [-0.3, -0.25) is 9.69 Å². The first-order valence-corrected chi connectivity index (χ1v) is 8.69. The molecule has 2 rings (SSSR count). The van der Waals surface area contributed by atoms with Crippen LogP contribution in [0.4, 0.5) is 0 Å². The molecule has 1 N–H and O–H groups in total. The van der Waals surface area contributed by atoms with E-state index >= 15 is 0 Å². The molecule has 2 aromatic carbocycles. The molecule has 0 spiro atoms. The summed E-state index contributed by atoms with van der Waals surface area (Å²) in [5.74, 6) is -0.00145. The van der Waals surface area contributed by atoms with Crippen molar-refractivity contribution in [3.05, 3.63) is 69.7 Å². The Morgan fingerprint density at radius 2 is 1.83 bits per heavy atom. The summed E-state index contributed by atoms with van der Waals surface area (Å²) in [6, 6.07) is 15.9. The first-order chi connectivity index (χ1) is 11.5. The first-order valence-electron chi connectivity index (χ1n) is 7.94. The van der Waals surface area contributed by atoms with Gasteiger partial charge in [0.05, 0.1) is 16.6 Å². The number of hydrogen-bond acceptors (Lipinski definition) is 2. The van der Waals surface area contributed by atoms with Crippen LogP contribution in [0.25, 0.3) is 0 Å². The number of carbonyl (C=O) groups is 1. The normalized spacial score (nSPS) is 12.2. The molecule has 0 heterocycles. The highest BCUT2D eigenvalue weighted by Crippen LogP contribution is 2.25. The zero-order valence-corrected chi connectivity index (χ0v) is 15.4. The van der Waals surface area contributed by atoms with Crippen LogP contribution in [0.5, 0.6) is 0 Å². The lowest BCUT2D eigenvalue weighted by Gasteiger charge is -2.24. The minimum absolute atomic E-state index is 0.00145. The molecule has 0 bridgehead atoms. The zero-order valence-electron chi connectivity index (χ0n) is 13.9. The summed E-state index contributed by atoms with van der Waals surface area (Å²) in [5.41, 5.74) is 2.13. The summed E-state index contributed by atoms with van der Waals surface area (Å²) >= 11 is 12.1. The molecule has 0 aliphatic rings. The van der Waals surface area contributed by atoms with Crippen LogP contribution in [0.1, 0.15) is 24.1 Å². The van der Waals surface area contributed by atoms with Crippen molar-refractivity contribution < 1.29 is 4.79 Å². The van der Waals surface area contributed by atoms with Crippen LogP contribution in [-0.4, -0.2) is 30.9 Å². The van der Waals surface area contributed by atoms with E-state index in [1.165, 1.54) is 5.56 Å². The van der Waals surface area contributed by atoms with Gasteiger partial charge in [-0.2, -0.15) is 0 Å². The molecule has 1 unspecified atom stereocenters. The Balaban J connectivity index is 1.80. The quantitative estimate of drug-likeness (QED) is 0.792. The van der Waals surface area contributed by atoms with Gasteiger partial charge in [-0.15, -0.1) is 0 Å². The molecule has 0 saturated carbocycles. The lowest BCUT2D eigenvalue weighted by Crippen LogP contribution is -2.37. The van der Waals surface area contributed by atoms with Gasteiger partial charge in [-0.1, -0.05) is 65.7 Å². The van der Waals surface area contributed by atoms with Crippen LogP contribution >= 0.6 is 23.2 Å². The third-order valence-corrected chi connectivity index (χ3v) is 4.94. The van der Waals surface area contributed by atoms with E-state index in [-0.39, 0.29) is 11.9 Å². The molecule has 0 aliphatic heterocycles. The highest BCUT2D eigenvalue weighted by Gasteiger charge is 2.14. The monoisotopic (exact) mass is 364 g/mol. The topological polar surface area (TPSA) is 32.3 Å². The van der Waals surface area contributed by atoms with E-state index in [2.05, 4.69) is 24.4 Å². The third kappa shape index (κ3) is 5.23. The van der Waals surface area contributed by atoms with Crippen molar-refractivity contribution in [1.82, 2.24) is 10.2 Å². The van der Waals surface area contributed by atoms with Crippen LogP contribution in [0.3, 0.4) is 0 Å². The van der Waals surface area contributed by atoms with Gasteiger partial charge in [0, 0.05) is 12.6 Å². The van der Waals surface area contributed by atoms with Gasteiger partial charge < -0.3 is 5.32 Å². The Hall–Kier alpha value is -1.55. The van der Waals surface area contributed by atoms with Crippen LogP contribution in [0, 0.1) is 0 Å². The van der Waals surface area contributed by atoms with E-state index in [0.29, 0.717) is 29.6 Å². The highest BCUT2D eigenvalue weighted by molar-refractivity contribution is 6.42. The fourth-order valence-electron chi connectivity index (χ4n) is 2.48. The Morgan fingerprint density at radius 3 is 2.54 bits per heavy atom. The highest BCUT2D eigenvalue weighted by atomic mass is 35.5. The molecule has 0 aromatic heterocycles. The van der Waals surface area contributed by atoms with Gasteiger partial charge >= 0.3 is 0 Å². The second-order valence-corrected chi connectivity index (χ2v) is 6.60. The third-order valence-electron chi connectivity index (χ3n) is 4.08. The number of hydrogen-bond donors (Lipinski definition) is 1. The van der Waals surface area contributed by atoms with Gasteiger partial charge in [0.2, 0.25) is 5.91 Å². The van der Waals surface area contributed by atoms with Crippen molar-refractivity contribution in [2.75, 3.05) is 20.1 Å². The SMILES string of the molecule is CC(c1ccccc1)N(C)CC(=O)NCCc1cccc(Cl)c1Cl. The smallest absolute Gasteiger partial charge is 0.234 e. The van der Waals surface area contributed by atoms with Crippen molar-refractivity contribution in [3.63, 3.8) is 0 Å². The van der Waals surface area contributed by atoms with E-state index in [9.17, 15) is 4.79 Å². The molecule has 1 atom stereocenters. The molecule has 128 valence electrons. The van der Waals surface area contributed by atoms with E-state index in [0.717, 1.165) is 5.56 Å². The molecule has 5 heteroatoms. The summed E-state index contributed by atoms with van der Waals surface area (Å²) in [6.07, 6.45) is 0.656. The van der Waals surface area contributed by atoms with Crippen LogP contribution < -0.4 is 5.32 Å². The second-order valence-electron chi connectivity index (χ2n) is 5.81. The van der Waals surface area contributed by atoms with Crippen molar-refractivity contribution >= 4 is 29.1 Å². The maximum Gasteiger partial charge on any atom is 0.234 e. The Kier molecular flexibility index (Phi) is 7.10. The van der Waals surface area contributed by atoms with Crippen LogP contribution in [0.2, 0.25) is 10.0 Å². The number of nitrogens with zero attached hydrogens (tertiary/aromatic N) is 1. The molecular formula is C19H22Cl2N2O. The van der Waals surface area contributed by atoms with E-state index in [1.807, 2.05) is 42.3 Å². The molecular weight excluding hydrogens is 343 g/mol. The van der Waals surface area contributed by atoms with Crippen molar-refractivity contribution in [2.24, 2.45) is 0 Å². The van der Waals surface area contributed by atoms with Crippen LogP contribution in [-0.2, 0) is 11.2 Å². The molecule has 0 aliphatic carbocycles. The van der Waals surface area contributed by atoms with Crippen molar-refractivity contribution in [1.29, 1.82) is 0 Å². The number of rotatable bonds is 7. The van der Waals surface area contributed by atoms with Crippen molar-refractivity contribution in [3.8, 4) is 0 Å². The van der Waals surface area contributed by atoms with E-state index in [1.54, 1.807) is 6.07 Å². The number of likely N-dealkylation sites (N-methyl/N-ethyl adjacent to an activating group) is 1. The lowest BCUT2D eigenvalue weighted by atomic mass is 10.1. The largest absolute Gasteiger partial charge is 0.355 e. The van der Waals surface area contributed by atoms with Gasteiger partial charge in [0.15, 0.2) is 0 Å². The minimum Gasteiger partial charge on any atom is -0.355 e. The number of amides is 1. The van der Waals surface area contributed by atoms with E-state index < -0.39 is 0 Å². The summed E-state index contributed by atoms with van der Waals surface area (Å²) in [7, 11) is 1.95. The fraction of sp³-hybridized carbons (Fsp3) is 0.316. The molecule has 0 fully saturated rings. The molecule has 0 radical (unpaired) electrons. The Morgan fingerprint density at radius 1 is 1.12 bits per heavy atom. The predicted molar refractivity (Wildman–Crippen MR) is 101 cm³/mol. The fourth-order valence-corrected chi connectivity index (χ4v) is 2.90. The maximum absolute atomic E-state index is 12.1. The van der Waals surface area contributed by atoms with Crippen molar-refractivity contribution in [2.45, 2.75) is 19.4 Å². The summed E-state index contributed by atoms with van der Waals surface area (Å²) in [4.78, 5) is 14.1. The maximum atomic E-state index is 12.1. The average molecular weight is 365 g/mol. The number of halogens is 2. The van der Waals surface area contributed by atoms with Gasteiger partial charge in [-0.05, 0) is 37.6 Å². The summed E-state index contributed by atoms with van der Waals surface area (Å²) < 4.78 is 0. The average Bonchev–Trinajstić information content (AvgIpc) is 2.58. The van der Waals surface area contributed by atoms with Crippen LogP contribution in [0.15, 0.2) is 48.5 Å². The molecule has 1 amide bonds. The first kappa shape index (κ1) is 18.8. The molecule has 3 nitrogen and oxygen atoms in total. The summed E-state index contributed by atoms with van der Waals surface area (Å²) in [5, 5.41) is 4.03. The lowest BCUT2D eigenvalue weighted by molar-refractivity contribution is -0.122. The minimum atomic E-state index is -0.00145.